The molecule has 7 heteroatoms. The third-order valence-corrected chi connectivity index (χ3v) is 4.61. The van der Waals surface area contributed by atoms with Crippen LogP contribution in [0.1, 0.15) is 39.7 Å². The van der Waals surface area contributed by atoms with Crippen LogP contribution in [0.2, 0.25) is 0 Å². The lowest BCUT2D eigenvalue weighted by Gasteiger charge is -2.25. The van der Waals surface area contributed by atoms with E-state index < -0.39 is 27.9 Å². The second kappa shape index (κ2) is 7.98. The van der Waals surface area contributed by atoms with Gasteiger partial charge in [-0.05, 0) is 53.2 Å². The Balaban J connectivity index is 2.55. The largest absolute Gasteiger partial charge is 0.444 e. The van der Waals surface area contributed by atoms with Crippen molar-refractivity contribution in [2.45, 2.75) is 57.6 Å². The number of hydrogen-bond acceptors (Lipinski definition) is 5. The van der Waals surface area contributed by atoms with Gasteiger partial charge in [0.15, 0.2) is 0 Å². The Morgan fingerprint density at radius 1 is 1.21 bits per heavy atom. The SMILES string of the molecule is Cc1ccc(S(=O)(=O)OC(C)CCN(C)C(=O)OC(C)(C)C)cc1. The van der Waals surface area contributed by atoms with Gasteiger partial charge in [0.2, 0.25) is 0 Å². The smallest absolute Gasteiger partial charge is 0.410 e. The number of aryl methyl sites for hydroxylation is 1. The van der Waals surface area contributed by atoms with Gasteiger partial charge in [0.05, 0.1) is 11.0 Å². The first-order valence-corrected chi connectivity index (χ1v) is 9.25. The van der Waals surface area contributed by atoms with Gasteiger partial charge in [-0.2, -0.15) is 8.42 Å². The molecule has 1 atom stereocenters. The molecule has 24 heavy (non-hydrogen) atoms. The van der Waals surface area contributed by atoms with E-state index in [-0.39, 0.29) is 4.90 Å². The predicted molar refractivity (Wildman–Crippen MR) is 92.4 cm³/mol. The zero-order chi connectivity index (χ0) is 18.5. The first kappa shape index (κ1) is 20.4. The van der Waals surface area contributed by atoms with Gasteiger partial charge in [0, 0.05) is 13.6 Å². The highest BCUT2D eigenvalue weighted by Crippen LogP contribution is 2.16. The molecule has 0 bridgehead atoms. The molecular formula is C17H27NO5S. The Hall–Kier alpha value is -1.60. The molecule has 0 aromatic heterocycles. The summed E-state index contributed by atoms with van der Waals surface area (Å²) in [6.07, 6.45) is -0.627. The van der Waals surface area contributed by atoms with Crippen LogP contribution in [0.3, 0.4) is 0 Å². The summed E-state index contributed by atoms with van der Waals surface area (Å²) in [5, 5.41) is 0. The summed E-state index contributed by atoms with van der Waals surface area (Å²) in [4.78, 5) is 13.4. The summed E-state index contributed by atoms with van der Waals surface area (Å²) in [7, 11) is -2.20. The van der Waals surface area contributed by atoms with E-state index in [1.807, 2.05) is 6.92 Å². The van der Waals surface area contributed by atoms with Crippen molar-refractivity contribution in [2.75, 3.05) is 13.6 Å². The second-order valence-electron chi connectivity index (χ2n) is 6.86. The molecule has 0 fully saturated rings. The van der Waals surface area contributed by atoms with Gasteiger partial charge in [-0.3, -0.25) is 4.18 Å². The number of rotatable bonds is 6. The quantitative estimate of drug-likeness (QED) is 0.730. The zero-order valence-corrected chi connectivity index (χ0v) is 16.0. The summed E-state index contributed by atoms with van der Waals surface area (Å²) in [6.45, 7) is 9.25. The number of nitrogens with zero attached hydrogens (tertiary/aromatic N) is 1. The van der Waals surface area contributed by atoms with Crippen LogP contribution in [0.4, 0.5) is 4.79 Å². The summed E-state index contributed by atoms with van der Waals surface area (Å²) < 4.78 is 34.8. The van der Waals surface area contributed by atoms with Crippen molar-refractivity contribution in [1.82, 2.24) is 4.90 Å². The topological polar surface area (TPSA) is 72.9 Å². The molecule has 1 aromatic carbocycles. The van der Waals surface area contributed by atoms with Gasteiger partial charge in [0.1, 0.15) is 5.60 Å². The summed E-state index contributed by atoms with van der Waals surface area (Å²) in [6, 6.07) is 6.48. The van der Waals surface area contributed by atoms with Gasteiger partial charge in [-0.15, -0.1) is 0 Å². The maximum atomic E-state index is 12.2. The standard InChI is InChI=1S/C17H27NO5S/c1-13-7-9-15(10-8-13)24(20,21)23-14(2)11-12-18(6)16(19)22-17(3,4)5/h7-10,14H,11-12H2,1-6H3. The fourth-order valence-corrected chi connectivity index (χ4v) is 2.94. The van der Waals surface area contributed by atoms with Crippen molar-refractivity contribution in [2.24, 2.45) is 0 Å². The number of benzene rings is 1. The maximum absolute atomic E-state index is 12.2. The minimum absolute atomic E-state index is 0.125. The average Bonchev–Trinajstić information content (AvgIpc) is 2.42. The summed E-state index contributed by atoms with van der Waals surface area (Å²) >= 11 is 0. The van der Waals surface area contributed by atoms with Crippen molar-refractivity contribution in [3.8, 4) is 0 Å². The minimum Gasteiger partial charge on any atom is -0.444 e. The minimum atomic E-state index is -3.81. The van der Waals surface area contributed by atoms with Crippen LogP contribution < -0.4 is 0 Å². The van der Waals surface area contributed by atoms with Crippen molar-refractivity contribution < 1.29 is 22.1 Å². The molecule has 0 N–H and O–H groups in total. The normalized spacial score (nSPS) is 13.4. The highest BCUT2D eigenvalue weighted by molar-refractivity contribution is 7.86. The van der Waals surface area contributed by atoms with Crippen molar-refractivity contribution >= 4 is 16.2 Å². The highest BCUT2D eigenvalue weighted by atomic mass is 32.2. The monoisotopic (exact) mass is 357 g/mol. The van der Waals surface area contributed by atoms with Crippen LogP contribution in [0.25, 0.3) is 0 Å². The van der Waals surface area contributed by atoms with Crippen molar-refractivity contribution in [3.05, 3.63) is 29.8 Å². The first-order chi connectivity index (χ1) is 10.9. The summed E-state index contributed by atoms with van der Waals surface area (Å²) in [5.74, 6) is 0. The molecule has 0 saturated heterocycles. The second-order valence-corrected chi connectivity index (χ2v) is 8.44. The maximum Gasteiger partial charge on any atom is 0.410 e. The van der Waals surface area contributed by atoms with Crippen molar-refractivity contribution in [1.29, 1.82) is 0 Å². The van der Waals surface area contributed by atoms with Crippen LogP contribution in [0, 0.1) is 6.92 Å². The molecule has 1 aromatic rings. The lowest BCUT2D eigenvalue weighted by molar-refractivity contribution is 0.0283. The van der Waals surface area contributed by atoms with Crippen LogP contribution in [-0.4, -0.2) is 44.7 Å². The third kappa shape index (κ3) is 6.88. The Morgan fingerprint density at radius 2 is 1.75 bits per heavy atom. The lowest BCUT2D eigenvalue weighted by Crippen LogP contribution is -2.35. The first-order valence-electron chi connectivity index (χ1n) is 7.85. The number of hydrogen-bond donors (Lipinski definition) is 0. The lowest BCUT2D eigenvalue weighted by atomic mass is 10.2. The van der Waals surface area contributed by atoms with E-state index >= 15 is 0 Å². The molecule has 0 spiro atoms. The van der Waals surface area contributed by atoms with Gasteiger partial charge in [-0.25, -0.2) is 4.79 Å². The third-order valence-electron chi connectivity index (χ3n) is 3.18. The molecule has 0 aliphatic carbocycles. The van der Waals surface area contributed by atoms with E-state index in [9.17, 15) is 13.2 Å². The molecule has 0 aliphatic heterocycles. The Labute approximate surface area is 144 Å². The van der Waals surface area contributed by atoms with Crippen LogP contribution in [0.5, 0.6) is 0 Å². The van der Waals surface area contributed by atoms with E-state index in [1.54, 1.807) is 46.9 Å². The average molecular weight is 357 g/mol. The van der Waals surface area contributed by atoms with E-state index in [0.29, 0.717) is 13.0 Å². The van der Waals surface area contributed by atoms with E-state index in [1.165, 1.54) is 17.0 Å². The van der Waals surface area contributed by atoms with Crippen LogP contribution in [-0.2, 0) is 19.0 Å². The molecule has 6 nitrogen and oxygen atoms in total. The Kier molecular flexibility index (Phi) is 6.80. The number of ether oxygens (including phenoxy) is 1. The van der Waals surface area contributed by atoms with Gasteiger partial charge < -0.3 is 9.64 Å². The van der Waals surface area contributed by atoms with Gasteiger partial charge >= 0.3 is 6.09 Å². The zero-order valence-electron chi connectivity index (χ0n) is 15.2. The van der Waals surface area contributed by atoms with E-state index in [2.05, 4.69) is 0 Å². The van der Waals surface area contributed by atoms with Crippen molar-refractivity contribution in [3.63, 3.8) is 0 Å². The van der Waals surface area contributed by atoms with Gasteiger partial charge in [-0.1, -0.05) is 17.7 Å². The number of amides is 1. The molecule has 136 valence electrons. The molecule has 0 saturated carbocycles. The molecule has 0 heterocycles. The Bertz CT molecular complexity index is 647. The van der Waals surface area contributed by atoms with Gasteiger partial charge in [0.25, 0.3) is 10.1 Å². The fourth-order valence-electron chi connectivity index (χ4n) is 1.83. The molecule has 0 radical (unpaired) electrons. The predicted octanol–water partition coefficient (Wildman–Crippen LogP) is 3.35. The molecular weight excluding hydrogens is 330 g/mol. The molecule has 0 aliphatic rings. The number of carbonyl (C=O) groups excluding carboxylic acids is 1. The highest BCUT2D eigenvalue weighted by Gasteiger charge is 2.22. The number of carbonyl (C=O) groups is 1. The Morgan fingerprint density at radius 3 is 2.25 bits per heavy atom. The molecule has 1 unspecified atom stereocenters. The molecule has 1 rings (SSSR count). The van der Waals surface area contributed by atoms with Crippen LogP contribution in [0.15, 0.2) is 29.2 Å². The van der Waals surface area contributed by atoms with Crippen LogP contribution >= 0.6 is 0 Å². The molecule has 1 amide bonds. The van der Waals surface area contributed by atoms with E-state index in [0.717, 1.165) is 5.56 Å². The summed E-state index contributed by atoms with van der Waals surface area (Å²) in [5.41, 5.74) is 0.406. The van der Waals surface area contributed by atoms with E-state index in [4.69, 9.17) is 8.92 Å². The fraction of sp³-hybridized carbons (Fsp3) is 0.588.